The molecule has 0 bridgehead atoms. The second-order valence-corrected chi connectivity index (χ2v) is 9.02. The molecule has 0 radical (unpaired) electrons. The van der Waals surface area contributed by atoms with Gasteiger partial charge in [0.25, 0.3) is 0 Å². The number of anilines is 2. The maximum Gasteiger partial charge on any atom is 0.227 e. The Kier molecular flexibility index (Phi) is 6.39. The number of halogens is 1. The molecule has 2 heterocycles. The molecule has 0 N–H and O–H groups in total. The summed E-state index contributed by atoms with van der Waals surface area (Å²) in [5.41, 5.74) is 1.47. The van der Waals surface area contributed by atoms with Crippen molar-refractivity contribution in [1.29, 1.82) is 0 Å². The lowest BCUT2D eigenvalue weighted by atomic mass is 10.0. The van der Waals surface area contributed by atoms with Crippen molar-refractivity contribution in [3.8, 4) is 0 Å². The van der Waals surface area contributed by atoms with Gasteiger partial charge >= 0.3 is 0 Å². The minimum absolute atomic E-state index is 0.0123. The van der Waals surface area contributed by atoms with E-state index in [0.29, 0.717) is 31.0 Å². The molecule has 0 unspecified atom stereocenters. The molecule has 1 aromatic heterocycles. The lowest BCUT2D eigenvalue weighted by Crippen LogP contribution is -2.32. The number of hydrogen-bond donors (Lipinski definition) is 0. The second-order valence-electron chi connectivity index (χ2n) is 9.02. The second kappa shape index (κ2) is 9.22. The largest absolute Gasteiger partial charge is 0.363 e. The van der Waals surface area contributed by atoms with Crippen LogP contribution in [0.2, 0.25) is 0 Å². The average Bonchev–Trinajstić information content (AvgIpc) is 3.43. The van der Waals surface area contributed by atoms with Gasteiger partial charge in [0.05, 0.1) is 12.2 Å². The van der Waals surface area contributed by atoms with E-state index in [-0.39, 0.29) is 29.5 Å². The third-order valence-corrected chi connectivity index (χ3v) is 6.38. The molecule has 0 spiro atoms. The first-order chi connectivity index (χ1) is 15.3. The summed E-state index contributed by atoms with van der Waals surface area (Å²) in [5, 5.41) is 0. The number of carbonyl (C=O) groups is 2. The minimum Gasteiger partial charge on any atom is -0.363 e. The van der Waals surface area contributed by atoms with E-state index in [4.69, 9.17) is 4.98 Å². The van der Waals surface area contributed by atoms with E-state index in [1.165, 1.54) is 12.1 Å². The molecule has 1 aliphatic heterocycles. The van der Waals surface area contributed by atoms with E-state index >= 15 is 0 Å². The molecule has 2 aromatic rings. The van der Waals surface area contributed by atoms with Crippen LogP contribution in [-0.2, 0) is 16.1 Å². The summed E-state index contributed by atoms with van der Waals surface area (Å²) in [5.74, 6) is 1.15. The monoisotopic (exact) mass is 439 g/mol. The molecule has 1 aliphatic carbocycles. The van der Waals surface area contributed by atoms with Gasteiger partial charge in [-0.3, -0.25) is 9.59 Å². The SMILES string of the molecule is CN(Cc1nc([C@H]2CC(=O)N(c3ccc(F)cc3)C2)cc(N(C)C)n1)C(=O)C1CCCC1. The van der Waals surface area contributed by atoms with Crippen LogP contribution >= 0.6 is 0 Å². The first-order valence-corrected chi connectivity index (χ1v) is 11.2. The van der Waals surface area contributed by atoms with Gasteiger partial charge in [0.15, 0.2) is 0 Å². The normalized spacial score (nSPS) is 18.9. The predicted octanol–water partition coefficient (Wildman–Crippen LogP) is 3.35. The maximum atomic E-state index is 13.3. The molecule has 2 amide bonds. The Morgan fingerprint density at radius 1 is 1.12 bits per heavy atom. The highest BCUT2D eigenvalue weighted by atomic mass is 19.1. The molecule has 7 nitrogen and oxygen atoms in total. The van der Waals surface area contributed by atoms with Crippen molar-refractivity contribution in [2.45, 2.75) is 44.6 Å². The standard InChI is InChI=1S/C24H30FN5O2/c1-28(2)22-13-20(17-12-23(31)30(14-17)19-10-8-18(25)9-11-19)26-21(27-22)15-29(3)24(32)16-6-4-5-7-16/h8-11,13,16-17H,4-7,12,14-15H2,1-3H3/t17-/m0/s1. The Morgan fingerprint density at radius 2 is 1.81 bits per heavy atom. The summed E-state index contributed by atoms with van der Waals surface area (Å²) in [7, 11) is 5.63. The summed E-state index contributed by atoms with van der Waals surface area (Å²) in [6.07, 6.45) is 4.47. The van der Waals surface area contributed by atoms with Gasteiger partial charge in [-0.2, -0.15) is 0 Å². The van der Waals surface area contributed by atoms with Crippen LogP contribution < -0.4 is 9.80 Å². The molecule has 1 atom stereocenters. The zero-order valence-electron chi connectivity index (χ0n) is 18.9. The molecule has 1 saturated carbocycles. The van der Waals surface area contributed by atoms with E-state index in [1.54, 1.807) is 29.0 Å². The highest BCUT2D eigenvalue weighted by Crippen LogP contribution is 2.32. The quantitative estimate of drug-likeness (QED) is 0.690. The minimum atomic E-state index is -0.329. The van der Waals surface area contributed by atoms with Crippen molar-refractivity contribution in [2.24, 2.45) is 5.92 Å². The van der Waals surface area contributed by atoms with E-state index < -0.39 is 0 Å². The molecule has 2 fully saturated rings. The third-order valence-electron chi connectivity index (χ3n) is 6.38. The van der Waals surface area contributed by atoms with Gasteiger partial charge in [0.2, 0.25) is 11.8 Å². The molecule has 1 saturated heterocycles. The van der Waals surface area contributed by atoms with Crippen LogP contribution in [0.5, 0.6) is 0 Å². The zero-order valence-corrected chi connectivity index (χ0v) is 18.9. The number of nitrogens with zero attached hydrogens (tertiary/aromatic N) is 5. The van der Waals surface area contributed by atoms with Crippen molar-refractivity contribution in [3.05, 3.63) is 47.7 Å². The van der Waals surface area contributed by atoms with Gasteiger partial charge < -0.3 is 14.7 Å². The highest BCUT2D eigenvalue weighted by Gasteiger charge is 2.33. The Labute approximate surface area is 188 Å². The third kappa shape index (κ3) is 4.74. The molecule has 2 aliphatic rings. The fourth-order valence-electron chi connectivity index (χ4n) is 4.56. The number of amides is 2. The summed E-state index contributed by atoms with van der Waals surface area (Å²) >= 11 is 0. The number of carbonyl (C=O) groups excluding carboxylic acids is 2. The number of aromatic nitrogens is 2. The van der Waals surface area contributed by atoms with Crippen LogP contribution in [0.15, 0.2) is 30.3 Å². The molecular weight excluding hydrogens is 409 g/mol. The Bertz CT molecular complexity index is 988. The lowest BCUT2D eigenvalue weighted by Gasteiger charge is -2.22. The highest BCUT2D eigenvalue weighted by molar-refractivity contribution is 5.96. The van der Waals surface area contributed by atoms with Crippen LogP contribution in [0.4, 0.5) is 15.9 Å². The van der Waals surface area contributed by atoms with Crippen LogP contribution in [0.3, 0.4) is 0 Å². The number of hydrogen-bond acceptors (Lipinski definition) is 5. The van der Waals surface area contributed by atoms with Gasteiger partial charge in [-0.15, -0.1) is 0 Å². The van der Waals surface area contributed by atoms with Crippen molar-refractivity contribution in [3.63, 3.8) is 0 Å². The fourth-order valence-corrected chi connectivity index (χ4v) is 4.56. The van der Waals surface area contributed by atoms with Crippen molar-refractivity contribution >= 4 is 23.3 Å². The zero-order chi connectivity index (χ0) is 22.8. The molecule has 170 valence electrons. The average molecular weight is 440 g/mol. The van der Waals surface area contributed by atoms with Crippen LogP contribution in [0.1, 0.15) is 49.5 Å². The molecule has 8 heteroatoms. The topological polar surface area (TPSA) is 69.6 Å². The summed E-state index contributed by atoms with van der Waals surface area (Å²) in [4.78, 5) is 40.1. The molecular formula is C24H30FN5O2. The van der Waals surface area contributed by atoms with Crippen LogP contribution in [0, 0.1) is 11.7 Å². The fraction of sp³-hybridized carbons (Fsp3) is 0.500. The van der Waals surface area contributed by atoms with E-state index in [2.05, 4.69) is 4.98 Å². The number of rotatable bonds is 6. The lowest BCUT2D eigenvalue weighted by molar-refractivity contribution is -0.134. The van der Waals surface area contributed by atoms with Gasteiger partial charge in [0.1, 0.15) is 17.5 Å². The van der Waals surface area contributed by atoms with Gasteiger partial charge in [0, 0.05) is 57.7 Å². The number of benzene rings is 1. The summed E-state index contributed by atoms with van der Waals surface area (Å²) in [6, 6.07) is 7.88. The summed E-state index contributed by atoms with van der Waals surface area (Å²) in [6.45, 7) is 0.816. The maximum absolute atomic E-state index is 13.3. The molecule has 4 rings (SSSR count). The van der Waals surface area contributed by atoms with Gasteiger partial charge in [-0.05, 0) is 37.1 Å². The first-order valence-electron chi connectivity index (χ1n) is 11.2. The van der Waals surface area contributed by atoms with Gasteiger partial charge in [-0.1, -0.05) is 12.8 Å². The molecule has 1 aromatic carbocycles. The Hall–Kier alpha value is -3.03. The van der Waals surface area contributed by atoms with E-state index in [9.17, 15) is 14.0 Å². The Balaban J connectivity index is 1.54. The van der Waals surface area contributed by atoms with E-state index in [0.717, 1.165) is 37.2 Å². The van der Waals surface area contributed by atoms with Gasteiger partial charge in [-0.25, -0.2) is 14.4 Å². The molecule has 32 heavy (non-hydrogen) atoms. The smallest absolute Gasteiger partial charge is 0.227 e. The summed E-state index contributed by atoms with van der Waals surface area (Å²) < 4.78 is 13.3. The van der Waals surface area contributed by atoms with Crippen LogP contribution in [0.25, 0.3) is 0 Å². The van der Waals surface area contributed by atoms with Crippen molar-refractivity contribution < 1.29 is 14.0 Å². The van der Waals surface area contributed by atoms with Crippen molar-refractivity contribution in [1.82, 2.24) is 14.9 Å². The van der Waals surface area contributed by atoms with Crippen molar-refractivity contribution in [2.75, 3.05) is 37.5 Å². The van der Waals surface area contributed by atoms with E-state index in [1.807, 2.05) is 25.1 Å². The predicted molar refractivity (Wildman–Crippen MR) is 121 cm³/mol. The van der Waals surface area contributed by atoms with Crippen LogP contribution in [-0.4, -0.2) is 54.4 Å². The first kappa shape index (κ1) is 22.2. The Morgan fingerprint density at radius 3 is 2.47 bits per heavy atom.